The van der Waals surface area contributed by atoms with Crippen LogP contribution in [0.25, 0.3) is 0 Å². The highest BCUT2D eigenvalue weighted by Gasteiger charge is 2.34. The predicted molar refractivity (Wildman–Crippen MR) is 164 cm³/mol. The summed E-state index contributed by atoms with van der Waals surface area (Å²) < 4.78 is 40.5. The highest BCUT2D eigenvalue weighted by Crippen LogP contribution is 2.35. The van der Waals surface area contributed by atoms with Crippen molar-refractivity contribution >= 4 is 27.5 Å². The lowest BCUT2D eigenvalue weighted by Crippen LogP contribution is -2.51. The number of nitrogens with zero attached hydrogens (tertiary/aromatic N) is 1. The van der Waals surface area contributed by atoms with Crippen LogP contribution in [0, 0.1) is 0 Å². The molecule has 2 amide bonds. The first kappa shape index (κ1) is 29.8. The molecule has 1 aliphatic heterocycles. The number of carbonyl (C=O) groups excluding carboxylic acids is 2. The Morgan fingerprint density at radius 2 is 1.49 bits per heavy atom. The van der Waals surface area contributed by atoms with Crippen LogP contribution in [0.4, 0.5) is 5.69 Å². The van der Waals surface area contributed by atoms with Gasteiger partial charge in [0.1, 0.15) is 16.4 Å². The molecule has 0 saturated carbocycles. The van der Waals surface area contributed by atoms with Gasteiger partial charge in [0.2, 0.25) is 10.0 Å². The third kappa shape index (κ3) is 7.22. The first-order chi connectivity index (χ1) is 20.9. The van der Waals surface area contributed by atoms with Gasteiger partial charge in [0, 0.05) is 18.7 Å². The van der Waals surface area contributed by atoms with Crippen molar-refractivity contribution in [2.75, 3.05) is 31.6 Å². The van der Waals surface area contributed by atoms with Crippen LogP contribution in [-0.2, 0) is 27.7 Å². The zero-order valence-corrected chi connectivity index (χ0v) is 24.5. The van der Waals surface area contributed by atoms with Gasteiger partial charge in [-0.1, -0.05) is 72.8 Å². The molecule has 0 aromatic heterocycles. The first-order valence-corrected chi connectivity index (χ1v) is 15.4. The number of nitrogens with one attached hydrogen (secondary N) is 2. The van der Waals surface area contributed by atoms with E-state index in [0.717, 1.165) is 11.1 Å². The van der Waals surface area contributed by atoms with Gasteiger partial charge in [-0.05, 0) is 54.3 Å². The van der Waals surface area contributed by atoms with Crippen molar-refractivity contribution in [3.8, 4) is 11.5 Å². The van der Waals surface area contributed by atoms with Gasteiger partial charge < -0.3 is 19.7 Å². The number of sulfonamides is 1. The van der Waals surface area contributed by atoms with E-state index < -0.39 is 22.0 Å². The summed E-state index contributed by atoms with van der Waals surface area (Å²) in [4.78, 5) is 28.3. The molecule has 10 heteroatoms. The van der Waals surface area contributed by atoms with Crippen LogP contribution in [0.1, 0.15) is 21.5 Å². The predicted octanol–water partition coefficient (Wildman–Crippen LogP) is 3.98. The van der Waals surface area contributed by atoms with Gasteiger partial charge in [-0.15, -0.1) is 0 Å². The summed E-state index contributed by atoms with van der Waals surface area (Å²) >= 11 is 0. The van der Waals surface area contributed by atoms with E-state index in [1.807, 2.05) is 60.7 Å². The SMILES string of the molecule is COc1ccc(C(=O)N2C[C@H](C(=O)NCCc3ccccc3)Oc3ccccc32)cc1S(=O)(=O)NCCc1ccccc1. The largest absolute Gasteiger partial charge is 0.495 e. The number of amides is 2. The number of rotatable bonds is 11. The van der Waals surface area contributed by atoms with Gasteiger partial charge in [0.05, 0.1) is 19.3 Å². The second-order valence-corrected chi connectivity index (χ2v) is 11.8. The molecule has 1 atom stereocenters. The number of carbonyl (C=O) groups is 2. The molecule has 43 heavy (non-hydrogen) atoms. The maximum absolute atomic E-state index is 13.9. The highest BCUT2D eigenvalue weighted by molar-refractivity contribution is 7.89. The number of fused-ring (bicyclic) bond motifs is 1. The summed E-state index contributed by atoms with van der Waals surface area (Å²) in [5.74, 6) is -0.318. The van der Waals surface area contributed by atoms with E-state index in [0.29, 0.717) is 30.8 Å². The Bertz CT molecular complexity index is 1680. The van der Waals surface area contributed by atoms with E-state index in [9.17, 15) is 18.0 Å². The van der Waals surface area contributed by atoms with Gasteiger partial charge >= 0.3 is 0 Å². The van der Waals surface area contributed by atoms with Crippen LogP contribution < -0.4 is 24.4 Å². The Kier molecular flexibility index (Phi) is 9.38. The van der Waals surface area contributed by atoms with Gasteiger partial charge in [-0.3, -0.25) is 9.59 Å². The van der Waals surface area contributed by atoms with Crippen molar-refractivity contribution in [2.45, 2.75) is 23.8 Å². The Hall–Kier alpha value is -4.67. The molecule has 2 N–H and O–H groups in total. The number of hydrogen-bond donors (Lipinski definition) is 2. The van der Waals surface area contributed by atoms with Crippen LogP contribution in [0.3, 0.4) is 0 Å². The van der Waals surface area contributed by atoms with Crippen LogP contribution in [0.2, 0.25) is 0 Å². The summed E-state index contributed by atoms with van der Waals surface area (Å²) in [6, 6.07) is 30.5. The lowest BCUT2D eigenvalue weighted by molar-refractivity contribution is -0.127. The number of methoxy groups -OCH3 is 1. The molecule has 4 aromatic carbocycles. The van der Waals surface area contributed by atoms with Crippen LogP contribution in [-0.4, -0.2) is 53.1 Å². The Morgan fingerprint density at radius 1 is 0.860 bits per heavy atom. The lowest BCUT2D eigenvalue weighted by Gasteiger charge is -2.34. The van der Waals surface area contributed by atoms with E-state index in [1.54, 1.807) is 24.3 Å². The third-order valence-corrected chi connectivity index (χ3v) is 8.60. The minimum absolute atomic E-state index is 0.0452. The van der Waals surface area contributed by atoms with Crippen molar-refractivity contribution < 1.29 is 27.5 Å². The quantitative estimate of drug-likeness (QED) is 0.270. The van der Waals surface area contributed by atoms with E-state index in [4.69, 9.17) is 9.47 Å². The summed E-state index contributed by atoms with van der Waals surface area (Å²) in [6.07, 6.45) is 0.206. The molecule has 1 aliphatic rings. The minimum atomic E-state index is -4.01. The number of hydrogen-bond acceptors (Lipinski definition) is 6. The summed E-state index contributed by atoms with van der Waals surface area (Å²) in [6.45, 7) is 0.539. The zero-order chi connectivity index (χ0) is 30.2. The molecule has 5 rings (SSSR count). The van der Waals surface area contributed by atoms with Crippen molar-refractivity contribution in [1.82, 2.24) is 10.0 Å². The maximum atomic E-state index is 13.9. The zero-order valence-electron chi connectivity index (χ0n) is 23.7. The van der Waals surface area contributed by atoms with Gasteiger partial charge in [-0.25, -0.2) is 13.1 Å². The molecule has 0 saturated heterocycles. The van der Waals surface area contributed by atoms with E-state index in [1.165, 1.54) is 30.2 Å². The molecule has 1 heterocycles. The Labute approximate surface area is 251 Å². The lowest BCUT2D eigenvalue weighted by atomic mass is 10.1. The van der Waals surface area contributed by atoms with Crippen LogP contribution in [0.15, 0.2) is 108 Å². The van der Waals surface area contributed by atoms with E-state index in [-0.39, 0.29) is 35.2 Å². The van der Waals surface area contributed by atoms with Crippen LogP contribution >= 0.6 is 0 Å². The molecule has 4 aromatic rings. The molecule has 0 radical (unpaired) electrons. The first-order valence-electron chi connectivity index (χ1n) is 14.0. The van der Waals surface area contributed by atoms with Crippen molar-refractivity contribution in [1.29, 1.82) is 0 Å². The second kappa shape index (κ2) is 13.5. The fourth-order valence-corrected chi connectivity index (χ4v) is 6.10. The number of para-hydroxylation sites is 2. The monoisotopic (exact) mass is 599 g/mol. The topological polar surface area (TPSA) is 114 Å². The Balaban J connectivity index is 1.33. The highest BCUT2D eigenvalue weighted by atomic mass is 32.2. The van der Waals surface area contributed by atoms with Gasteiger partial charge in [0.25, 0.3) is 11.8 Å². The fraction of sp³-hybridized carbons (Fsp3) is 0.212. The molecular weight excluding hydrogens is 566 g/mol. The van der Waals surface area contributed by atoms with Gasteiger partial charge in [-0.2, -0.15) is 0 Å². The standard InChI is InChI=1S/C33H33N3O6S/c1-41-29-17-16-26(22-31(29)43(39,40)35-21-19-25-12-6-3-7-13-25)33(38)36-23-30(42-28-15-9-8-14-27(28)36)32(37)34-20-18-24-10-4-2-5-11-24/h2-17,22,30,35H,18-21,23H2,1H3,(H,34,37)/t30-/m1/s1. The molecule has 0 aliphatic carbocycles. The average molecular weight is 600 g/mol. The summed E-state index contributed by atoms with van der Waals surface area (Å²) in [5, 5.41) is 2.90. The van der Waals surface area contributed by atoms with E-state index in [2.05, 4.69) is 10.0 Å². The second-order valence-electron chi connectivity index (χ2n) is 10.0. The van der Waals surface area contributed by atoms with Crippen LogP contribution in [0.5, 0.6) is 11.5 Å². The smallest absolute Gasteiger partial charge is 0.262 e. The molecule has 0 bridgehead atoms. The maximum Gasteiger partial charge on any atom is 0.262 e. The van der Waals surface area contributed by atoms with Crippen molar-refractivity contribution in [3.05, 3.63) is 120 Å². The number of benzene rings is 4. The molecule has 222 valence electrons. The normalized spacial score (nSPS) is 14.3. The number of anilines is 1. The molecular formula is C33H33N3O6S. The third-order valence-electron chi connectivity index (χ3n) is 7.12. The van der Waals surface area contributed by atoms with Crippen molar-refractivity contribution in [2.24, 2.45) is 0 Å². The fourth-order valence-electron chi connectivity index (χ4n) is 4.88. The van der Waals surface area contributed by atoms with Gasteiger partial charge in [0.15, 0.2) is 6.10 Å². The molecule has 0 fully saturated rings. The summed E-state index contributed by atoms with van der Waals surface area (Å²) in [7, 11) is -2.64. The average Bonchev–Trinajstić information content (AvgIpc) is 3.04. The molecule has 9 nitrogen and oxygen atoms in total. The Morgan fingerprint density at radius 3 is 2.16 bits per heavy atom. The minimum Gasteiger partial charge on any atom is -0.495 e. The molecule has 0 unspecified atom stereocenters. The molecule has 0 spiro atoms. The summed E-state index contributed by atoms with van der Waals surface area (Å²) in [5.41, 5.74) is 2.70. The van der Waals surface area contributed by atoms with Crippen molar-refractivity contribution in [3.63, 3.8) is 0 Å². The van der Waals surface area contributed by atoms with E-state index >= 15 is 0 Å². The number of ether oxygens (including phenoxy) is 2.